The Bertz CT molecular complexity index is 398. The molecule has 0 fully saturated rings. The zero-order chi connectivity index (χ0) is 11.6. The lowest BCUT2D eigenvalue weighted by atomic mass is 10.2. The maximum atomic E-state index is 12.5. The van der Waals surface area contributed by atoms with Crippen molar-refractivity contribution in [3.63, 3.8) is 0 Å². The largest absolute Gasteiger partial charge is 0.481 e. The highest BCUT2D eigenvalue weighted by atomic mass is 127. The Balaban J connectivity index is 3.17. The highest BCUT2D eigenvalue weighted by molar-refractivity contribution is 14.1. The van der Waals surface area contributed by atoms with Crippen molar-refractivity contribution in [2.24, 2.45) is 0 Å². The number of alkyl halides is 2. The van der Waals surface area contributed by atoms with E-state index in [1.165, 1.54) is 6.07 Å². The minimum absolute atomic E-state index is 0.0377. The van der Waals surface area contributed by atoms with E-state index in [4.69, 9.17) is 10.8 Å². The van der Waals surface area contributed by atoms with E-state index >= 15 is 0 Å². The van der Waals surface area contributed by atoms with Gasteiger partial charge in [-0.25, -0.2) is 13.8 Å². The number of carboxylic acids is 1. The number of anilines is 1. The molecule has 0 amide bonds. The van der Waals surface area contributed by atoms with Gasteiger partial charge in [0.2, 0.25) is 0 Å². The van der Waals surface area contributed by atoms with Crippen LogP contribution in [0, 0.1) is 3.57 Å². The van der Waals surface area contributed by atoms with E-state index in [-0.39, 0.29) is 15.0 Å². The molecule has 3 N–H and O–H groups in total. The van der Waals surface area contributed by atoms with E-state index in [2.05, 4.69) is 4.98 Å². The molecular weight excluding hydrogens is 321 g/mol. The highest BCUT2D eigenvalue weighted by Crippen LogP contribution is 2.27. The molecule has 15 heavy (non-hydrogen) atoms. The molecule has 0 atom stereocenters. The van der Waals surface area contributed by atoms with E-state index in [0.717, 1.165) is 0 Å². The normalized spacial score (nSPS) is 10.7. The summed E-state index contributed by atoms with van der Waals surface area (Å²) in [6.07, 6.45) is -3.17. The van der Waals surface area contributed by atoms with Crippen molar-refractivity contribution in [2.45, 2.75) is 12.8 Å². The minimum Gasteiger partial charge on any atom is -0.481 e. The summed E-state index contributed by atoms with van der Waals surface area (Å²) in [4.78, 5) is 13.9. The van der Waals surface area contributed by atoms with Gasteiger partial charge in [-0.3, -0.25) is 4.79 Å². The van der Waals surface area contributed by atoms with Gasteiger partial charge in [0.25, 0.3) is 6.43 Å². The summed E-state index contributed by atoms with van der Waals surface area (Å²) in [5, 5.41) is 8.49. The number of carboxylic acid groups (broad SMARTS) is 1. The molecule has 0 bridgehead atoms. The van der Waals surface area contributed by atoms with Crippen LogP contribution >= 0.6 is 22.6 Å². The molecule has 0 saturated heterocycles. The van der Waals surface area contributed by atoms with Crippen molar-refractivity contribution >= 4 is 34.2 Å². The van der Waals surface area contributed by atoms with E-state index in [1.54, 1.807) is 22.6 Å². The first-order valence-electron chi connectivity index (χ1n) is 3.86. The smallest absolute Gasteiger partial charge is 0.309 e. The number of pyridine rings is 1. The molecule has 1 heterocycles. The summed E-state index contributed by atoms with van der Waals surface area (Å²) >= 11 is 1.66. The number of aliphatic carboxylic acids is 1. The Kier molecular flexibility index (Phi) is 3.77. The van der Waals surface area contributed by atoms with Crippen LogP contribution in [0.4, 0.5) is 14.5 Å². The quantitative estimate of drug-likeness (QED) is 0.830. The number of hydrogen-bond donors (Lipinski definition) is 2. The van der Waals surface area contributed by atoms with Gasteiger partial charge in [-0.2, -0.15) is 0 Å². The van der Waals surface area contributed by atoms with E-state index in [9.17, 15) is 13.6 Å². The molecule has 1 rings (SSSR count). The Hall–Kier alpha value is -0.990. The van der Waals surface area contributed by atoms with Crippen molar-refractivity contribution in [3.05, 3.63) is 21.0 Å². The topological polar surface area (TPSA) is 76.2 Å². The molecule has 0 aliphatic rings. The summed E-state index contributed by atoms with van der Waals surface area (Å²) in [6.45, 7) is 0. The number of nitrogens with two attached hydrogens (primary N) is 1. The van der Waals surface area contributed by atoms with E-state index in [0.29, 0.717) is 0 Å². The lowest BCUT2D eigenvalue weighted by Crippen LogP contribution is -2.08. The van der Waals surface area contributed by atoms with Crippen LogP contribution < -0.4 is 5.73 Å². The van der Waals surface area contributed by atoms with Crippen molar-refractivity contribution in [2.75, 3.05) is 5.73 Å². The molecule has 4 nitrogen and oxygen atoms in total. The van der Waals surface area contributed by atoms with Crippen molar-refractivity contribution in [1.29, 1.82) is 0 Å². The molecule has 82 valence electrons. The second-order valence-corrected chi connectivity index (χ2v) is 3.85. The summed E-state index contributed by atoms with van der Waals surface area (Å²) < 4.78 is 25.1. The van der Waals surface area contributed by atoms with E-state index in [1.807, 2.05) is 0 Å². The fourth-order valence-corrected chi connectivity index (χ4v) is 1.53. The number of carbonyl (C=O) groups is 1. The summed E-state index contributed by atoms with van der Waals surface area (Å²) in [5.74, 6) is -1.14. The zero-order valence-corrected chi connectivity index (χ0v) is 9.53. The summed E-state index contributed by atoms with van der Waals surface area (Å²) in [7, 11) is 0. The first-order valence-corrected chi connectivity index (χ1v) is 4.94. The van der Waals surface area contributed by atoms with Crippen LogP contribution in [0.15, 0.2) is 6.07 Å². The number of hydrogen-bond acceptors (Lipinski definition) is 3. The molecule has 1 aromatic heterocycles. The van der Waals surface area contributed by atoms with Gasteiger partial charge in [-0.1, -0.05) is 0 Å². The maximum absolute atomic E-state index is 12.5. The van der Waals surface area contributed by atoms with Gasteiger partial charge in [-0.15, -0.1) is 0 Å². The third-order valence-corrected chi connectivity index (χ3v) is 2.78. The number of rotatable bonds is 3. The van der Waals surface area contributed by atoms with Crippen LogP contribution in [0.25, 0.3) is 0 Å². The zero-order valence-electron chi connectivity index (χ0n) is 7.38. The van der Waals surface area contributed by atoms with Crippen molar-refractivity contribution in [3.8, 4) is 0 Å². The summed E-state index contributed by atoms with van der Waals surface area (Å²) in [6, 6.07) is 1.29. The third kappa shape index (κ3) is 2.98. The highest BCUT2D eigenvalue weighted by Gasteiger charge is 2.17. The predicted molar refractivity (Wildman–Crippen MR) is 57.7 cm³/mol. The molecule has 0 aromatic carbocycles. The number of nitrogen functional groups attached to an aromatic ring is 1. The molecule has 0 spiro atoms. The van der Waals surface area contributed by atoms with Crippen LogP contribution in [0.5, 0.6) is 0 Å². The second kappa shape index (κ2) is 4.69. The predicted octanol–water partition coefficient (Wildman–Crippen LogP) is 1.83. The van der Waals surface area contributed by atoms with Gasteiger partial charge in [0, 0.05) is 5.69 Å². The fraction of sp³-hybridized carbons (Fsp3) is 0.250. The van der Waals surface area contributed by atoms with Crippen LogP contribution in [0.3, 0.4) is 0 Å². The molecule has 0 aliphatic carbocycles. The van der Waals surface area contributed by atoms with Crippen LogP contribution in [-0.2, 0) is 11.2 Å². The first-order chi connectivity index (χ1) is 6.91. The first kappa shape index (κ1) is 12.1. The monoisotopic (exact) mass is 328 g/mol. The molecule has 0 saturated carbocycles. The molecule has 0 unspecified atom stereocenters. The number of halogens is 3. The lowest BCUT2D eigenvalue weighted by molar-refractivity contribution is -0.136. The van der Waals surface area contributed by atoms with Gasteiger partial charge in [-0.05, 0) is 28.7 Å². The lowest BCUT2D eigenvalue weighted by Gasteiger charge is -2.07. The van der Waals surface area contributed by atoms with Gasteiger partial charge in [0.1, 0.15) is 5.69 Å². The Morgan fingerprint density at radius 2 is 2.27 bits per heavy atom. The maximum Gasteiger partial charge on any atom is 0.309 e. The van der Waals surface area contributed by atoms with Gasteiger partial charge in [0.15, 0.2) is 0 Å². The molecule has 7 heteroatoms. The van der Waals surface area contributed by atoms with Crippen molar-refractivity contribution in [1.82, 2.24) is 4.98 Å². The van der Waals surface area contributed by atoms with Crippen LogP contribution in [0.1, 0.15) is 17.8 Å². The third-order valence-electron chi connectivity index (χ3n) is 1.60. The van der Waals surface area contributed by atoms with E-state index < -0.39 is 24.5 Å². The van der Waals surface area contributed by atoms with Crippen LogP contribution in [0.2, 0.25) is 0 Å². The van der Waals surface area contributed by atoms with Gasteiger partial charge in [0.05, 0.1) is 15.7 Å². The van der Waals surface area contributed by atoms with Crippen LogP contribution in [-0.4, -0.2) is 16.1 Å². The Labute approximate surface area is 97.6 Å². The van der Waals surface area contributed by atoms with Gasteiger partial charge >= 0.3 is 5.97 Å². The Morgan fingerprint density at radius 1 is 1.67 bits per heavy atom. The fourth-order valence-electron chi connectivity index (χ4n) is 1.02. The average molecular weight is 328 g/mol. The summed E-state index contributed by atoms with van der Waals surface area (Å²) in [5.41, 5.74) is 5.16. The van der Waals surface area contributed by atoms with Crippen molar-refractivity contribution < 1.29 is 18.7 Å². The number of nitrogens with zero attached hydrogens (tertiary/aromatic N) is 1. The second-order valence-electron chi connectivity index (χ2n) is 2.77. The number of aromatic nitrogens is 1. The SMILES string of the molecule is Nc1cc(CC(=O)O)nc(C(F)F)c1I. The van der Waals surface area contributed by atoms with Gasteiger partial charge < -0.3 is 10.8 Å². The molecular formula is C8H7F2IN2O2. The molecule has 0 aliphatic heterocycles. The molecule has 1 aromatic rings. The molecule has 0 radical (unpaired) electrons. The minimum atomic E-state index is -2.76. The average Bonchev–Trinajstić information content (AvgIpc) is 2.09. The Morgan fingerprint density at radius 3 is 2.73 bits per heavy atom. The standard InChI is InChI=1S/C8H7F2IN2O2/c9-8(10)7-6(11)4(12)1-3(13-7)2-5(14)15/h1,8H,2H2,(H2,12,13)(H,14,15).